The minimum atomic E-state index is -4.20. The number of benzene rings is 2. The summed E-state index contributed by atoms with van der Waals surface area (Å²) < 4.78 is 73.3. The van der Waals surface area contributed by atoms with Crippen molar-refractivity contribution < 1.29 is 36.2 Å². The smallest absolute Gasteiger partial charge is 0.412 e. The summed E-state index contributed by atoms with van der Waals surface area (Å²) in [5.74, 6) is 0.00673. The molecule has 0 bridgehead atoms. The Morgan fingerprint density at radius 1 is 0.857 bits per heavy atom. The molecule has 0 saturated carbocycles. The van der Waals surface area contributed by atoms with Gasteiger partial charge in [-0.15, -0.1) is 12.4 Å². The van der Waals surface area contributed by atoms with Gasteiger partial charge in [0.2, 0.25) is 0 Å². The molecule has 0 unspecified atom stereocenters. The molecule has 2 fully saturated rings. The Morgan fingerprint density at radius 2 is 1.26 bits per heavy atom. The van der Waals surface area contributed by atoms with Crippen LogP contribution in [0.25, 0.3) is 0 Å². The summed E-state index contributed by atoms with van der Waals surface area (Å²) in [7, 11) is 0. The highest BCUT2D eigenvalue weighted by Crippen LogP contribution is 2.37. The molecule has 0 aliphatic carbocycles. The van der Waals surface area contributed by atoms with Gasteiger partial charge in [-0.1, -0.05) is 35.3 Å². The molecule has 3 N–H and O–H groups in total. The second-order valence-electron chi connectivity index (χ2n) is 11.3. The number of alkyl halides is 6. The molecule has 2 heterocycles. The Hall–Kier alpha value is -2.12. The van der Waals surface area contributed by atoms with Crippen LogP contribution in [-0.4, -0.2) is 78.2 Å². The number of amides is 1. The number of rotatable bonds is 5. The number of halogens is 9. The highest BCUT2D eigenvalue weighted by Gasteiger charge is 2.39. The molecule has 4 rings (SSSR count). The third-order valence-corrected chi connectivity index (χ3v) is 7.38. The number of carbonyl (C=O) groups is 1. The van der Waals surface area contributed by atoms with Crippen LogP contribution in [0.4, 0.5) is 42.5 Å². The third-order valence-electron chi connectivity index (χ3n) is 6.73. The van der Waals surface area contributed by atoms with Crippen molar-refractivity contribution in [2.75, 3.05) is 49.9 Å². The molecule has 1 amide bonds. The van der Waals surface area contributed by atoms with E-state index in [0.717, 1.165) is 11.1 Å². The van der Waals surface area contributed by atoms with Gasteiger partial charge in [-0.05, 0) is 56.2 Å². The lowest BCUT2D eigenvalue weighted by atomic mass is 9.91. The number of nitrogen functional groups attached to an aromatic ring is 1. The van der Waals surface area contributed by atoms with Crippen LogP contribution in [-0.2, 0) is 0 Å². The van der Waals surface area contributed by atoms with Gasteiger partial charge in [-0.25, -0.2) is 4.79 Å². The van der Waals surface area contributed by atoms with Gasteiger partial charge in [0, 0.05) is 65.0 Å². The van der Waals surface area contributed by atoms with Gasteiger partial charge in [0.1, 0.15) is 0 Å². The topological polar surface area (TPSA) is 73.0 Å². The zero-order valence-corrected chi connectivity index (χ0v) is 25.4. The van der Waals surface area contributed by atoms with Crippen molar-refractivity contribution in [2.24, 2.45) is 0 Å². The van der Waals surface area contributed by atoms with Crippen LogP contribution < -0.4 is 10.6 Å². The fraction of sp³-hybridized carbons (Fsp3) is 0.519. The Bertz CT molecular complexity index is 1230. The molecule has 236 valence electrons. The third kappa shape index (κ3) is 9.97. The SMILES string of the molecule is CC(C)(C)N(C(=O)O)c1ccc(C2CN(CC(F)(F)F)C2)c(Cl)c1.Cl.Nc1ccc(C2CN(CC(F)(F)F)C2)c(Cl)c1. The lowest BCUT2D eigenvalue weighted by Gasteiger charge is -2.40. The van der Waals surface area contributed by atoms with Crippen molar-refractivity contribution in [1.82, 2.24) is 9.80 Å². The standard InChI is InChI=1S/C16H20ClF3N2O2.C11H12ClF3N2.ClH/c1-15(2,3)22(14(23)24)11-4-5-12(13(17)6-11)10-7-21(8-10)9-16(18,19)20;12-10-3-8(16)1-2-9(10)7-4-17(5-7)6-11(13,14)15;/h4-6,10H,7-9H2,1-3H3,(H,23,24);1-3,7H,4-6,16H2;1H. The number of carboxylic acid groups (broad SMARTS) is 1. The van der Waals surface area contributed by atoms with E-state index in [2.05, 4.69) is 0 Å². The highest BCUT2D eigenvalue weighted by atomic mass is 35.5. The van der Waals surface area contributed by atoms with Crippen LogP contribution in [0.1, 0.15) is 43.7 Å². The first-order valence-corrected chi connectivity index (χ1v) is 13.4. The Kier molecular flexibility index (Phi) is 11.7. The van der Waals surface area contributed by atoms with Gasteiger partial charge in [0.05, 0.1) is 13.1 Å². The van der Waals surface area contributed by atoms with Crippen LogP contribution in [0, 0.1) is 0 Å². The molecule has 2 aromatic rings. The van der Waals surface area contributed by atoms with Crippen LogP contribution >= 0.6 is 35.6 Å². The summed E-state index contributed by atoms with van der Waals surface area (Å²) in [5, 5.41) is 10.3. The number of nitrogens with two attached hydrogens (primary N) is 1. The summed E-state index contributed by atoms with van der Waals surface area (Å²) in [6, 6.07) is 10.0. The maximum atomic E-state index is 12.3. The lowest BCUT2D eigenvalue weighted by Crippen LogP contribution is -2.49. The van der Waals surface area contributed by atoms with E-state index >= 15 is 0 Å². The predicted molar refractivity (Wildman–Crippen MR) is 155 cm³/mol. The highest BCUT2D eigenvalue weighted by molar-refractivity contribution is 6.32. The van der Waals surface area contributed by atoms with E-state index in [0.29, 0.717) is 47.6 Å². The molecule has 0 spiro atoms. The van der Waals surface area contributed by atoms with Gasteiger partial charge < -0.3 is 10.8 Å². The van der Waals surface area contributed by atoms with Crippen LogP contribution in [0.2, 0.25) is 10.0 Å². The van der Waals surface area contributed by atoms with E-state index in [1.165, 1.54) is 14.7 Å². The first-order chi connectivity index (χ1) is 18.7. The van der Waals surface area contributed by atoms with Crippen LogP contribution in [0.5, 0.6) is 0 Å². The molecule has 15 heteroatoms. The van der Waals surface area contributed by atoms with Gasteiger partial charge in [-0.2, -0.15) is 26.3 Å². The molecule has 0 atom stereocenters. The molecular weight excluding hydrogens is 633 g/mol. The summed E-state index contributed by atoms with van der Waals surface area (Å²) in [6.07, 6.45) is -9.42. The van der Waals surface area contributed by atoms with Crippen LogP contribution in [0.3, 0.4) is 0 Å². The van der Waals surface area contributed by atoms with E-state index in [4.69, 9.17) is 28.9 Å². The van der Waals surface area contributed by atoms with Crippen molar-refractivity contribution in [3.8, 4) is 0 Å². The average Bonchev–Trinajstić information content (AvgIpc) is 2.72. The second-order valence-corrected chi connectivity index (χ2v) is 12.1. The number of hydrogen-bond acceptors (Lipinski definition) is 4. The van der Waals surface area contributed by atoms with Gasteiger partial charge in [0.25, 0.3) is 0 Å². The van der Waals surface area contributed by atoms with Gasteiger partial charge in [0.15, 0.2) is 0 Å². The number of nitrogens with zero attached hydrogens (tertiary/aromatic N) is 3. The van der Waals surface area contributed by atoms with Crippen molar-refractivity contribution in [1.29, 1.82) is 0 Å². The first-order valence-electron chi connectivity index (χ1n) is 12.7. The number of hydrogen-bond donors (Lipinski definition) is 2. The van der Waals surface area contributed by atoms with E-state index < -0.39 is 37.1 Å². The molecule has 0 radical (unpaired) electrons. The number of anilines is 2. The summed E-state index contributed by atoms with van der Waals surface area (Å²) in [5.41, 5.74) is 7.53. The molecule has 6 nitrogen and oxygen atoms in total. The maximum absolute atomic E-state index is 12.3. The maximum Gasteiger partial charge on any atom is 0.412 e. The minimum absolute atomic E-state index is 0. The fourth-order valence-electron chi connectivity index (χ4n) is 4.94. The minimum Gasteiger partial charge on any atom is -0.465 e. The molecule has 2 aliphatic rings. The van der Waals surface area contributed by atoms with Gasteiger partial charge in [-0.3, -0.25) is 14.7 Å². The normalized spacial score (nSPS) is 16.9. The summed E-state index contributed by atoms with van der Waals surface area (Å²) in [6.45, 7) is 4.90. The van der Waals surface area contributed by atoms with Crippen LogP contribution in [0.15, 0.2) is 36.4 Å². The molecule has 0 aromatic heterocycles. The molecule has 42 heavy (non-hydrogen) atoms. The van der Waals surface area contributed by atoms with E-state index in [-0.39, 0.29) is 24.2 Å². The molecular formula is C27H33Cl3F6N4O2. The van der Waals surface area contributed by atoms with Gasteiger partial charge >= 0.3 is 18.4 Å². The Labute approximate surface area is 256 Å². The quantitative estimate of drug-likeness (QED) is 0.251. The van der Waals surface area contributed by atoms with Crippen molar-refractivity contribution in [3.63, 3.8) is 0 Å². The average molecular weight is 666 g/mol. The zero-order valence-electron chi connectivity index (χ0n) is 23.1. The van der Waals surface area contributed by atoms with Crippen molar-refractivity contribution in [3.05, 3.63) is 57.6 Å². The monoisotopic (exact) mass is 664 g/mol. The van der Waals surface area contributed by atoms with Crippen molar-refractivity contribution in [2.45, 2.75) is 50.5 Å². The summed E-state index contributed by atoms with van der Waals surface area (Å²) >= 11 is 12.3. The fourth-order valence-corrected chi connectivity index (χ4v) is 5.62. The van der Waals surface area contributed by atoms with E-state index in [9.17, 15) is 36.2 Å². The molecule has 2 aliphatic heterocycles. The summed E-state index contributed by atoms with van der Waals surface area (Å²) in [4.78, 5) is 15.4. The van der Waals surface area contributed by atoms with Crippen molar-refractivity contribution >= 4 is 53.1 Å². The molecule has 2 saturated heterocycles. The Morgan fingerprint density at radius 3 is 1.60 bits per heavy atom. The predicted octanol–water partition coefficient (Wildman–Crippen LogP) is 7.89. The number of likely N-dealkylation sites (tertiary alicyclic amines) is 2. The molecule has 2 aromatic carbocycles. The first kappa shape index (κ1) is 36.1. The second kappa shape index (κ2) is 13.7. The Balaban J connectivity index is 0.000000302. The van der Waals surface area contributed by atoms with E-state index in [1.807, 2.05) is 0 Å². The lowest BCUT2D eigenvalue weighted by molar-refractivity contribution is -0.155. The zero-order chi connectivity index (χ0) is 30.9. The largest absolute Gasteiger partial charge is 0.465 e. The van der Waals surface area contributed by atoms with E-state index in [1.54, 1.807) is 57.2 Å².